The van der Waals surface area contributed by atoms with E-state index in [0.717, 1.165) is 17.0 Å². The van der Waals surface area contributed by atoms with Gasteiger partial charge in [-0.3, -0.25) is 20.2 Å². The molecule has 0 bridgehead atoms. The number of nitrogens with one attached hydrogen (secondary N) is 2. The van der Waals surface area contributed by atoms with Crippen molar-refractivity contribution in [1.29, 1.82) is 0 Å². The summed E-state index contributed by atoms with van der Waals surface area (Å²) in [4.78, 5) is 12.5. The maximum absolute atomic E-state index is 12.5. The normalized spacial score (nSPS) is 11.2. The van der Waals surface area contributed by atoms with E-state index >= 15 is 0 Å². The lowest BCUT2D eigenvalue weighted by Crippen LogP contribution is -2.37. The lowest BCUT2D eigenvalue weighted by atomic mass is 9.87. The molecule has 2 heterocycles. The van der Waals surface area contributed by atoms with Crippen LogP contribution in [0.3, 0.4) is 0 Å². The van der Waals surface area contributed by atoms with Crippen LogP contribution in [-0.2, 0) is 10.2 Å². The molecule has 4 aromatic rings. The van der Waals surface area contributed by atoms with Crippen LogP contribution in [0.5, 0.6) is 5.75 Å². The summed E-state index contributed by atoms with van der Waals surface area (Å²) in [6.07, 6.45) is 1.54. The molecule has 36 heavy (non-hydrogen) atoms. The second kappa shape index (κ2) is 10.7. The number of ether oxygens (including phenoxy) is 1. The average Bonchev–Trinajstić information content (AvgIpc) is 3.56. The zero-order valence-electron chi connectivity index (χ0n) is 20.7. The summed E-state index contributed by atoms with van der Waals surface area (Å²) < 4.78 is 12.5. The fourth-order valence-corrected chi connectivity index (χ4v) is 4.21. The summed E-state index contributed by atoms with van der Waals surface area (Å²) in [5, 5.41) is 9.47. The number of hydrazine groups is 1. The minimum absolute atomic E-state index is 0.0484. The molecular formula is C27H29N5O3S. The topological polar surface area (TPSA) is 94.2 Å². The van der Waals surface area contributed by atoms with Crippen molar-refractivity contribution in [3.63, 3.8) is 0 Å². The van der Waals surface area contributed by atoms with E-state index in [1.807, 2.05) is 28.8 Å². The van der Waals surface area contributed by atoms with Crippen LogP contribution in [0.15, 0.2) is 83.1 Å². The van der Waals surface area contributed by atoms with Gasteiger partial charge in [-0.15, -0.1) is 10.2 Å². The summed E-state index contributed by atoms with van der Waals surface area (Å²) in [5.74, 6) is 1.86. The highest BCUT2D eigenvalue weighted by molar-refractivity contribution is 7.99. The van der Waals surface area contributed by atoms with E-state index in [4.69, 9.17) is 9.15 Å². The lowest BCUT2D eigenvalue weighted by Gasteiger charge is -2.19. The maximum atomic E-state index is 12.5. The van der Waals surface area contributed by atoms with Gasteiger partial charge in [-0.1, -0.05) is 63.4 Å². The minimum atomic E-state index is -0.243. The van der Waals surface area contributed by atoms with Crippen molar-refractivity contribution in [3.8, 4) is 22.8 Å². The molecule has 186 valence electrons. The van der Waals surface area contributed by atoms with Gasteiger partial charge in [-0.25, -0.2) is 0 Å². The van der Waals surface area contributed by atoms with Gasteiger partial charge in [0.2, 0.25) is 5.91 Å². The van der Waals surface area contributed by atoms with Gasteiger partial charge in [0, 0.05) is 11.3 Å². The molecular weight excluding hydrogens is 474 g/mol. The van der Waals surface area contributed by atoms with E-state index in [2.05, 4.69) is 72.7 Å². The molecule has 0 aliphatic carbocycles. The highest BCUT2D eigenvalue weighted by Gasteiger charge is 2.19. The number of hydrogen-bond acceptors (Lipinski definition) is 7. The van der Waals surface area contributed by atoms with Gasteiger partial charge in [-0.2, -0.15) is 0 Å². The number of methoxy groups -OCH3 is 1. The number of furan rings is 1. The molecule has 9 heteroatoms. The van der Waals surface area contributed by atoms with E-state index in [1.54, 1.807) is 25.5 Å². The Kier molecular flexibility index (Phi) is 7.49. The van der Waals surface area contributed by atoms with Crippen molar-refractivity contribution in [2.24, 2.45) is 0 Å². The predicted molar refractivity (Wildman–Crippen MR) is 142 cm³/mol. The summed E-state index contributed by atoms with van der Waals surface area (Å²) in [7, 11) is 1.63. The molecule has 0 saturated carbocycles. The summed E-state index contributed by atoms with van der Waals surface area (Å²) in [5.41, 5.74) is 8.94. The first kappa shape index (κ1) is 25.1. The number of carbonyl (C=O) groups excluding carboxylic acids is 1. The predicted octanol–water partition coefficient (Wildman–Crippen LogP) is 5.22. The van der Waals surface area contributed by atoms with Gasteiger partial charge in [0.15, 0.2) is 16.7 Å². The average molecular weight is 504 g/mol. The second-order valence-electron chi connectivity index (χ2n) is 9.08. The third-order valence-corrected chi connectivity index (χ3v) is 6.41. The van der Waals surface area contributed by atoms with E-state index in [1.165, 1.54) is 17.3 Å². The Morgan fingerprint density at radius 1 is 1.06 bits per heavy atom. The molecule has 0 fully saturated rings. The molecule has 0 aliphatic rings. The second-order valence-corrected chi connectivity index (χ2v) is 10.0. The van der Waals surface area contributed by atoms with Crippen molar-refractivity contribution in [2.75, 3.05) is 12.9 Å². The highest BCUT2D eigenvalue weighted by Crippen LogP contribution is 2.30. The molecule has 2 N–H and O–H groups in total. The van der Waals surface area contributed by atoms with Crippen LogP contribution in [-0.4, -0.2) is 33.5 Å². The molecule has 2 aromatic heterocycles. The SMILES string of the molecule is C=C(NNC(=O)CSc1nnc(-c2ccc(C(C)(C)C)cc2)n1-c1ccc(OC)cc1)c1ccco1. The largest absolute Gasteiger partial charge is 0.497 e. The summed E-state index contributed by atoms with van der Waals surface area (Å²) in [6.45, 7) is 10.4. The van der Waals surface area contributed by atoms with Crippen LogP contribution in [0, 0.1) is 0 Å². The number of rotatable bonds is 9. The van der Waals surface area contributed by atoms with Crippen molar-refractivity contribution < 1.29 is 13.9 Å². The molecule has 0 unspecified atom stereocenters. The van der Waals surface area contributed by atoms with Gasteiger partial charge in [0.05, 0.1) is 24.8 Å². The van der Waals surface area contributed by atoms with Gasteiger partial charge < -0.3 is 9.15 Å². The molecule has 0 spiro atoms. The first-order valence-electron chi connectivity index (χ1n) is 11.4. The van der Waals surface area contributed by atoms with Crippen LogP contribution in [0.2, 0.25) is 0 Å². The lowest BCUT2D eigenvalue weighted by molar-refractivity contribution is -0.119. The zero-order valence-corrected chi connectivity index (χ0v) is 21.6. The van der Waals surface area contributed by atoms with E-state index in [9.17, 15) is 4.79 Å². The first-order valence-corrected chi connectivity index (χ1v) is 12.4. The Bertz CT molecular complexity index is 1320. The number of amides is 1. The van der Waals surface area contributed by atoms with E-state index < -0.39 is 0 Å². The van der Waals surface area contributed by atoms with Crippen LogP contribution >= 0.6 is 11.8 Å². The molecule has 0 aliphatic heterocycles. The molecule has 4 rings (SSSR count). The fraction of sp³-hybridized carbons (Fsp3) is 0.222. The number of aromatic nitrogens is 3. The van der Waals surface area contributed by atoms with Crippen molar-refractivity contribution in [2.45, 2.75) is 31.3 Å². The minimum Gasteiger partial charge on any atom is -0.497 e. The summed E-state index contributed by atoms with van der Waals surface area (Å²) >= 11 is 1.28. The fourth-order valence-electron chi connectivity index (χ4n) is 3.46. The van der Waals surface area contributed by atoms with Crippen LogP contribution in [0.4, 0.5) is 0 Å². The van der Waals surface area contributed by atoms with Crippen LogP contribution < -0.4 is 15.6 Å². The maximum Gasteiger partial charge on any atom is 0.248 e. The Balaban J connectivity index is 1.55. The van der Waals surface area contributed by atoms with Crippen molar-refractivity contribution in [3.05, 3.63) is 84.8 Å². The number of nitrogens with zero attached hydrogens (tertiary/aromatic N) is 3. The van der Waals surface area contributed by atoms with Crippen LogP contribution in [0.1, 0.15) is 32.1 Å². The Morgan fingerprint density at radius 2 is 1.78 bits per heavy atom. The molecule has 0 radical (unpaired) electrons. The number of hydrogen-bond donors (Lipinski definition) is 2. The monoisotopic (exact) mass is 503 g/mol. The molecule has 1 amide bonds. The first-order chi connectivity index (χ1) is 17.3. The Morgan fingerprint density at radius 3 is 2.39 bits per heavy atom. The van der Waals surface area contributed by atoms with Gasteiger partial charge in [0.25, 0.3) is 0 Å². The van der Waals surface area contributed by atoms with Crippen molar-refractivity contribution >= 4 is 23.4 Å². The Labute approximate surface area is 214 Å². The standard InChI is InChI=1S/C27H29N5O3S/c1-18(23-7-6-16-35-23)28-29-24(33)17-36-26-31-30-25(19-8-10-20(11-9-19)27(2,3)4)32(26)21-12-14-22(34-5)15-13-21/h6-16,28H,1,17H2,2-5H3,(H,29,33). The molecule has 8 nitrogen and oxygen atoms in total. The molecule has 0 atom stereocenters. The third-order valence-electron chi connectivity index (χ3n) is 5.48. The van der Waals surface area contributed by atoms with E-state index in [-0.39, 0.29) is 17.1 Å². The Hall–Kier alpha value is -3.98. The van der Waals surface area contributed by atoms with E-state index in [0.29, 0.717) is 22.4 Å². The number of carbonyl (C=O) groups is 1. The van der Waals surface area contributed by atoms with Gasteiger partial charge in [0.1, 0.15) is 5.75 Å². The van der Waals surface area contributed by atoms with Crippen LogP contribution in [0.25, 0.3) is 22.8 Å². The molecule has 0 saturated heterocycles. The highest BCUT2D eigenvalue weighted by atomic mass is 32.2. The number of thioether (sulfide) groups is 1. The van der Waals surface area contributed by atoms with Crippen molar-refractivity contribution in [1.82, 2.24) is 25.6 Å². The van der Waals surface area contributed by atoms with Gasteiger partial charge in [-0.05, 0) is 47.4 Å². The smallest absolute Gasteiger partial charge is 0.248 e. The zero-order chi connectivity index (χ0) is 25.7. The van der Waals surface area contributed by atoms with Gasteiger partial charge >= 0.3 is 0 Å². The summed E-state index contributed by atoms with van der Waals surface area (Å²) in [6, 6.07) is 19.5. The molecule has 2 aromatic carbocycles. The number of benzene rings is 2. The third kappa shape index (κ3) is 5.80. The quantitative estimate of drug-likeness (QED) is 0.239.